The fourth-order valence-electron chi connectivity index (χ4n) is 4.22. The second kappa shape index (κ2) is 10.4. The fourth-order valence-corrected chi connectivity index (χ4v) is 4.22. The summed E-state index contributed by atoms with van der Waals surface area (Å²) in [6, 6.07) is 18.5. The molecule has 0 aliphatic heterocycles. The Morgan fingerprint density at radius 2 is 1.71 bits per heavy atom. The molecule has 9 nitrogen and oxygen atoms in total. The Morgan fingerprint density at radius 1 is 1.06 bits per heavy atom. The number of fused-ring (bicyclic) bond motifs is 3. The number of carboxylic acid groups (broad SMARTS) is 1. The average Bonchev–Trinajstić information content (AvgIpc) is 3.16. The monoisotopic (exact) mass is 462 g/mol. The SMILES string of the molecule is N[C@@H](Cc1cccnc1)C(O)N(CC(=O)O)NC(=O)OCC1c2ccccc2-c2ccccc21. The van der Waals surface area contributed by atoms with Crippen LogP contribution < -0.4 is 11.2 Å². The summed E-state index contributed by atoms with van der Waals surface area (Å²) in [5, 5.41) is 20.7. The van der Waals surface area contributed by atoms with Crippen molar-refractivity contribution in [2.24, 2.45) is 5.73 Å². The van der Waals surface area contributed by atoms with Gasteiger partial charge in [-0.25, -0.2) is 4.79 Å². The molecule has 1 aliphatic rings. The first kappa shape index (κ1) is 23.4. The number of aromatic nitrogens is 1. The molecule has 4 rings (SSSR count). The number of ether oxygens (including phenoxy) is 1. The van der Waals surface area contributed by atoms with Crippen molar-refractivity contribution >= 4 is 12.1 Å². The Hall–Kier alpha value is -3.79. The number of rotatable bonds is 9. The van der Waals surface area contributed by atoms with Gasteiger partial charge in [-0.3, -0.25) is 15.2 Å². The van der Waals surface area contributed by atoms with Crippen molar-refractivity contribution < 1.29 is 24.5 Å². The van der Waals surface area contributed by atoms with E-state index >= 15 is 0 Å². The quantitative estimate of drug-likeness (QED) is 0.280. The zero-order chi connectivity index (χ0) is 24.1. The van der Waals surface area contributed by atoms with Crippen molar-refractivity contribution in [3.8, 4) is 11.1 Å². The van der Waals surface area contributed by atoms with Gasteiger partial charge >= 0.3 is 12.1 Å². The van der Waals surface area contributed by atoms with Gasteiger partial charge in [0.15, 0.2) is 0 Å². The molecule has 1 unspecified atom stereocenters. The van der Waals surface area contributed by atoms with E-state index in [2.05, 4.69) is 10.4 Å². The van der Waals surface area contributed by atoms with Gasteiger partial charge in [-0.1, -0.05) is 54.6 Å². The van der Waals surface area contributed by atoms with Gasteiger partial charge in [-0.15, -0.1) is 0 Å². The molecule has 5 N–H and O–H groups in total. The number of carbonyl (C=O) groups is 2. The molecule has 34 heavy (non-hydrogen) atoms. The average molecular weight is 463 g/mol. The number of nitrogens with one attached hydrogen (secondary N) is 1. The minimum absolute atomic E-state index is 0.0542. The van der Waals surface area contributed by atoms with Crippen LogP contribution in [0.25, 0.3) is 11.1 Å². The molecule has 2 atom stereocenters. The number of aliphatic carboxylic acids is 1. The lowest BCUT2D eigenvalue weighted by atomic mass is 9.98. The van der Waals surface area contributed by atoms with Crippen LogP contribution in [0.5, 0.6) is 0 Å². The summed E-state index contributed by atoms with van der Waals surface area (Å²) in [6.07, 6.45) is 1.11. The molecule has 0 fully saturated rings. The topological polar surface area (TPSA) is 138 Å². The maximum atomic E-state index is 12.6. The molecule has 1 aliphatic carbocycles. The van der Waals surface area contributed by atoms with Crippen molar-refractivity contribution in [3.05, 3.63) is 89.7 Å². The van der Waals surface area contributed by atoms with Gasteiger partial charge in [0.2, 0.25) is 0 Å². The number of carbonyl (C=O) groups excluding carboxylic acids is 1. The molecule has 1 aromatic heterocycles. The summed E-state index contributed by atoms with van der Waals surface area (Å²) >= 11 is 0. The number of benzene rings is 2. The number of hydrazine groups is 1. The van der Waals surface area contributed by atoms with Crippen molar-refractivity contribution in [3.63, 3.8) is 0 Å². The Kier molecular flexibility index (Phi) is 7.17. The molecule has 0 saturated heterocycles. The van der Waals surface area contributed by atoms with Crippen LogP contribution in [-0.2, 0) is 16.0 Å². The van der Waals surface area contributed by atoms with E-state index in [9.17, 15) is 19.8 Å². The van der Waals surface area contributed by atoms with Gasteiger partial charge in [0.1, 0.15) is 19.4 Å². The molecule has 2 aromatic carbocycles. The van der Waals surface area contributed by atoms with Crippen molar-refractivity contribution in [2.75, 3.05) is 13.2 Å². The first-order valence-electron chi connectivity index (χ1n) is 10.9. The summed E-state index contributed by atoms with van der Waals surface area (Å²) in [7, 11) is 0. The Balaban J connectivity index is 1.41. The number of nitrogens with two attached hydrogens (primary N) is 1. The molecule has 1 heterocycles. The van der Waals surface area contributed by atoms with Crippen LogP contribution in [0.3, 0.4) is 0 Å². The lowest BCUT2D eigenvalue weighted by Gasteiger charge is -2.30. The van der Waals surface area contributed by atoms with Gasteiger partial charge in [0.05, 0.1) is 0 Å². The van der Waals surface area contributed by atoms with Crippen molar-refractivity contribution in [2.45, 2.75) is 24.6 Å². The molecule has 0 radical (unpaired) electrons. The van der Waals surface area contributed by atoms with E-state index in [0.717, 1.165) is 32.8 Å². The van der Waals surface area contributed by atoms with E-state index in [1.807, 2.05) is 48.5 Å². The third kappa shape index (κ3) is 5.23. The van der Waals surface area contributed by atoms with E-state index in [1.165, 1.54) is 0 Å². The third-order valence-electron chi connectivity index (χ3n) is 5.78. The number of hydrogen-bond donors (Lipinski definition) is 4. The third-order valence-corrected chi connectivity index (χ3v) is 5.78. The van der Waals surface area contributed by atoms with Crippen molar-refractivity contribution in [1.29, 1.82) is 0 Å². The summed E-state index contributed by atoms with van der Waals surface area (Å²) in [5.74, 6) is -1.39. The summed E-state index contributed by atoms with van der Waals surface area (Å²) in [4.78, 5) is 27.9. The number of pyridine rings is 1. The molecular weight excluding hydrogens is 436 g/mol. The second-order valence-electron chi connectivity index (χ2n) is 8.10. The summed E-state index contributed by atoms with van der Waals surface area (Å²) in [5.41, 5.74) is 13.5. The smallest absolute Gasteiger partial charge is 0.421 e. The number of carboxylic acids is 1. The van der Waals surface area contributed by atoms with Gasteiger partial charge in [-0.05, 0) is 40.3 Å². The largest absolute Gasteiger partial charge is 0.480 e. The van der Waals surface area contributed by atoms with Crippen LogP contribution in [-0.4, -0.2) is 57.7 Å². The van der Waals surface area contributed by atoms with Gasteiger partial charge < -0.3 is 20.7 Å². The molecule has 1 amide bonds. The highest BCUT2D eigenvalue weighted by Gasteiger charge is 2.30. The second-order valence-corrected chi connectivity index (χ2v) is 8.10. The first-order valence-corrected chi connectivity index (χ1v) is 10.9. The Bertz CT molecular complexity index is 1110. The number of nitrogens with zero attached hydrogens (tertiary/aromatic N) is 2. The zero-order valence-electron chi connectivity index (χ0n) is 18.4. The Morgan fingerprint density at radius 3 is 2.29 bits per heavy atom. The van der Waals surface area contributed by atoms with Gasteiger partial charge in [0.25, 0.3) is 0 Å². The number of amides is 1. The molecule has 0 saturated carbocycles. The van der Waals surface area contributed by atoms with Crippen LogP contribution in [0.15, 0.2) is 73.1 Å². The fraction of sp³-hybridized carbons (Fsp3) is 0.240. The van der Waals surface area contributed by atoms with Gasteiger partial charge in [0, 0.05) is 24.4 Å². The first-order chi connectivity index (χ1) is 16.4. The standard InChI is InChI=1S/C25H26N4O5/c26-22(12-16-6-5-11-27-13-16)24(32)29(14-23(30)31)28-25(33)34-15-21-19-9-3-1-7-17(19)18-8-2-4-10-20(18)21/h1-11,13,21-22,24,32H,12,14-15,26H2,(H,28,33)(H,30,31)/t22-,24?/m0/s1. The van der Waals surface area contributed by atoms with Crippen molar-refractivity contribution in [1.82, 2.24) is 15.4 Å². The number of aliphatic hydroxyl groups excluding tert-OH is 1. The summed E-state index contributed by atoms with van der Waals surface area (Å²) in [6.45, 7) is -0.606. The van der Waals surface area contributed by atoms with Crippen LogP contribution in [0.4, 0.5) is 4.79 Å². The highest BCUT2D eigenvalue weighted by molar-refractivity contribution is 5.79. The predicted octanol–water partition coefficient (Wildman–Crippen LogP) is 2.11. The number of aliphatic hydroxyl groups is 1. The van der Waals surface area contributed by atoms with Crippen LogP contribution >= 0.6 is 0 Å². The molecule has 0 bridgehead atoms. The van der Waals surface area contributed by atoms with E-state index in [-0.39, 0.29) is 18.9 Å². The zero-order valence-corrected chi connectivity index (χ0v) is 18.4. The maximum absolute atomic E-state index is 12.6. The summed E-state index contributed by atoms with van der Waals surface area (Å²) < 4.78 is 5.45. The molecule has 9 heteroatoms. The molecule has 3 aromatic rings. The number of hydrogen-bond acceptors (Lipinski definition) is 7. The highest BCUT2D eigenvalue weighted by atomic mass is 16.6. The van der Waals surface area contributed by atoms with Gasteiger partial charge in [-0.2, -0.15) is 5.01 Å². The minimum atomic E-state index is -1.46. The van der Waals surface area contributed by atoms with Crippen LogP contribution in [0.1, 0.15) is 22.6 Å². The molecular formula is C25H26N4O5. The molecule has 176 valence electrons. The van der Waals surface area contributed by atoms with E-state index < -0.39 is 30.9 Å². The minimum Gasteiger partial charge on any atom is -0.480 e. The molecule has 0 spiro atoms. The Labute approximate surface area is 196 Å². The highest BCUT2D eigenvalue weighted by Crippen LogP contribution is 2.44. The lowest BCUT2D eigenvalue weighted by Crippen LogP contribution is -2.57. The predicted molar refractivity (Wildman–Crippen MR) is 124 cm³/mol. The van der Waals surface area contributed by atoms with E-state index in [0.29, 0.717) is 0 Å². The van der Waals surface area contributed by atoms with E-state index in [4.69, 9.17) is 10.5 Å². The normalized spacial score (nSPS) is 14.2. The van der Waals surface area contributed by atoms with Crippen LogP contribution in [0.2, 0.25) is 0 Å². The lowest BCUT2D eigenvalue weighted by molar-refractivity contribution is -0.144. The van der Waals surface area contributed by atoms with E-state index in [1.54, 1.807) is 24.5 Å². The van der Waals surface area contributed by atoms with Crippen LogP contribution in [0, 0.1) is 0 Å². The maximum Gasteiger partial charge on any atom is 0.421 e.